The maximum atomic E-state index is 6.15. The van der Waals surface area contributed by atoms with Crippen molar-refractivity contribution >= 4 is 40.7 Å². The number of anilines is 1. The number of hydrogen-bond acceptors (Lipinski definition) is 7. The van der Waals surface area contributed by atoms with Crippen LogP contribution < -0.4 is 4.90 Å². The minimum absolute atomic E-state index is 0.507. The topological polar surface area (TPSA) is 35.5 Å². The molecule has 134 valence electrons. The quantitative estimate of drug-likeness (QED) is 0.549. The Labute approximate surface area is 162 Å². The van der Waals surface area contributed by atoms with Crippen LogP contribution in [0.15, 0.2) is 28.0 Å². The predicted molar refractivity (Wildman–Crippen MR) is 106 cm³/mol. The van der Waals surface area contributed by atoms with Gasteiger partial charge in [0.25, 0.3) is 0 Å². The molecule has 8 heteroatoms. The molecule has 4 rings (SSSR count). The van der Waals surface area contributed by atoms with Crippen molar-refractivity contribution in [3.63, 3.8) is 0 Å². The minimum Gasteiger partial charge on any atom is -0.351 e. The SMILES string of the molecule is Clc1nccnc1N1CCN(CCCCN2Cc3cscc3S2)CC1. The zero-order chi connectivity index (χ0) is 17.1. The summed E-state index contributed by atoms with van der Waals surface area (Å²) in [5, 5.41) is 5.06. The van der Waals surface area contributed by atoms with E-state index in [0.717, 1.165) is 38.5 Å². The lowest BCUT2D eigenvalue weighted by molar-refractivity contribution is 0.249. The van der Waals surface area contributed by atoms with Crippen LogP contribution in [0.4, 0.5) is 5.82 Å². The second-order valence-corrected chi connectivity index (χ2v) is 8.66. The predicted octanol–water partition coefficient (Wildman–Crippen LogP) is 3.62. The van der Waals surface area contributed by atoms with Gasteiger partial charge < -0.3 is 4.90 Å². The molecule has 2 aliphatic heterocycles. The fourth-order valence-electron chi connectivity index (χ4n) is 3.33. The number of thiophene rings is 1. The van der Waals surface area contributed by atoms with Gasteiger partial charge in [-0.15, -0.1) is 0 Å². The van der Waals surface area contributed by atoms with Gasteiger partial charge in [-0.1, -0.05) is 11.6 Å². The number of aromatic nitrogens is 2. The molecular weight excluding hydrogens is 374 g/mol. The van der Waals surface area contributed by atoms with Crippen molar-refractivity contribution in [2.24, 2.45) is 0 Å². The zero-order valence-electron chi connectivity index (χ0n) is 14.1. The smallest absolute Gasteiger partial charge is 0.171 e. The number of unbranched alkanes of at least 4 members (excludes halogenated alkanes) is 1. The fourth-order valence-corrected chi connectivity index (χ4v) is 5.62. The van der Waals surface area contributed by atoms with E-state index in [9.17, 15) is 0 Å². The molecule has 0 radical (unpaired) electrons. The monoisotopic (exact) mass is 395 g/mol. The summed E-state index contributed by atoms with van der Waals surface area (Å²) in [6, 6.07) is 0. The molecule has 0 aliphatic carbocycles. The molecule has 0 amide bonds. The number of hydrogen-bond donors (Lipinski definition) is 0. The van der Waals surface area contributed by atoms with Crippen LogP contribution in [0.1, 0.15) is 18.4 Å². The van der Waals surface area contributed by atoms with Gasteiger partial charge in [0.1, 0.15) is 0 Å². The summed E-state index contributed by atoms with van der Waals surface area (Å²) >= 11 is 9.89. The number of rotatable bonds is 6. The third-order valence-corrected chi connectivity index (χ3v) is 7.07. The van der Waals surface area contributed by atoms with Gasteiger partial charge in [0.15, 0.2) is 11.0 Å². The summed E-state index contributed by atoms with van der Waals surface area (Å²) < 4.78 is 2.49. The van der Waals surface area contributed by atoms with Crippen LogP contribution >= 0.6 is 34.9 Å². The molecule has 2 aliphatic rings. The van der Waals surface area contributed by atoms with E-state index in [-0.39, 0.29) is 0 Å². The van der Waals surface area contributed by atoms with Crippen molar-refractivity contribution in [1.82, 2.24) is 19.2 Å². The normalized spacial score (nSPS) is 18.7. The zero-order valence-corrected chi connectivity index (χ0v) is 16.5. The first-order valence-corrected chi connectivity index (χ1v) is 10.8. The maximum Gasteiger partial charge on any atom is 0.171 e. The lowest BCUT2D eigenvalue weighted by atomic mass is 10.2. The molecule has 1 fully saturated rings. The van der Waals surface area contributed by atoms with Crippen molar-refractivity contribution in [2.75, 3.05) is 44.2 Å². The summed E-state index contributed by atoms with van der Waals surface area (Å²) in [5.41, 5.74) is 1.51. The van der Waals surface area contributed by atoms with E-state index in [0.29, 0.717) is 5.15 Å². The summed E-state index contributed by atoms with van der Waals surface area (Å²) in [6.45, 7) is 7.56. The first-order valence-electron chi connectivity index (χ1n) is 8.71. The first-order chi connectivity index (χ1) is 12.3. The van der Waals surface area contributed by atoms with Gasteiger partial charge >= 0.3 is 0 Å². The summed E-state index contributed by atoms with van der Waals surface area (Å²) in [6.07, 6.45) is 5.87. The highest BCUT2D eigenvalue weighted by molar-refractivity contribution is 7.97. The van der Waals surface area contributed by atoms with Gasteiger partial charge in [0.05, 0.1) is 0 Å². The standard InChI is InChI=1S/C17H22ClN5S2/c18-16-17(20-4-3-19-16)22-9-7-21(8-10-22)5-1-2-6-23-11-14-12-24-13-15(14)25-23/h3-4,12-13H,1-2,5-11H2. The molecule has 0 saturated carbocycles. The van der Waals surface area contributed by atoms with Crippen LogP contribution in [0.2, 0.25) is 5.15 Å². The van der Waals surface area contributed by atoms with Crippen molar-refractivity contribution in [3.8, 4) is 0 Å². The highest BCUT2D eigenvalue weighted by Gasteiger charge is 2.21. The number of piperazine rings is 1. The van der Waals surface area contributed by atoms with E-state index in [1.807, 2.05) is 23.3 Å². The average molecular weight is 396 g/mol. The Kier molecular flexibility index (Phi) is 5.77. The molecular formula is C17H22ClN5S2. The Hall–Kier alpha value is -0.860. The van der Waals surface area contributed by atoms with Gasteiger partial charge in [0.2, 0.25) is 0 Å². The van der Waals surface area contributed by atoms with Crippen molar-refractivity contribution in [3.05, 3.63) is 33.9 Å². The van der Waals surface area contributed by atoms with E-state index in [1.165, 1.54) is 36.4 Å². The molecule has 1 saturated heterocycles. The van der Waals surface area contributed by atoms with E-state index < -0.39 is 0 Å². The van der Waals surface area contributed by atoms with Crippen LogP contribution in [0.5, 0.6) is 0 Å². The largest absolute Gasteiger partial charge is 0.351 e. The Bertz CT molecular complexity index is 681. The Balaban J connectivity index is 1.14. The summed E-state index contributed by atoms with van der Waals surface area (Å²) in [5.74, 6) is 0.821. The van der Waals surface area contributed by atoms with Crippen LogP contribution in [-0.4, -0.2) is 58.4 Å². The summed E-state index contributed by atoms with van der Waals surface area (Å²) in [7, 11) is 0. The molecule has 0 unspecified atom stereocenters. The van der Waals surface area contributed by atoms with Crippen LogP contribution in [0.25, 0.3) is 0 Å². The minimum atomic E-state index is 0.507. The van der Waals surface area contributed by atoms with Crippen LogP contribution in [-0.2, 0) is 6.54 Å². The molecule has 2 aromatic rings. The van der Waals surface area contributed by atoms with E-state index in [2.05, 4.69) is 34.8 Å². The molecule has 4 heterocycles. The van der Waals surface area contributed by atoms with Crippen LogP contribution in [0.3, 0.4) is 0 Å². The van der Waals surface area contributed by atoms with Crippen molar-refractivity contribution in [1.29, 1.82) is 0 Å². The van der Waals surface area contributed by atoms with Gasteiger partial charge in [0, 0.05) is 61.9 Å². The highest BCUT2D eigenvalue weighted by atomic mass is 35.5. The second kappa shape index (κ2) is 8.22. The first kappa shape index (κ1) is 17.5. The van der Waals surface area contributed by atoms with Gasteiger partial charge in [-0.05, 0) is 42.3 Å². The van der Waals surface area contributed by atoms with Gasteiger partial charge in [-0.3, -0.25) is 4.90 Å². The molecule has 5 nitrogen and oxygen atoms in total. The molecule has 0 atom stereocenters. The van der Waals surface area contributed by atoms with E-state index in [1.54, 1.807) is 12.4 Å². The molecule has 0 bridgehead atoms. The Morgan fingerprint density at radius 3 is 2.60 bits per heavy atom. The van der Waals surface area contributed by atoms with Crippen molar-refractivity contribution in [2.45, 2.75) is 24.3 Å². The third-order valence-electron chi connectivity index (χ3n) is 4.72. The summed E-state index contributed by atoms with van der Waals surface area (Å²) in [4.78, 5) is 14.7. The molecule has 0 spiro atoms. The number of fused-ring (bicyclic) bond motifs is 1. The van der Waals surface area contributed by atoms with Crippen molar-refractivity contribution < 1.29 is 0 Å². The molecule has 25 heavy (non-hydrogen) atoms. The lowest BCUT2D eigenvalue weighted by Crippen LogP contribution is -2.47. The van der Waals surface area contributed by atoms with E-state index >= 15 is 0 Å². The van der Waals surface area contributed by atoms with Gasteiger partial charge in [-0.2, -0.15) is 11.3 Å². The van der Waals surface area contributed by atoms with Gasteiger partial charge in [-0.25, -0.2) is 14.3 Å². The number of halogens is 1. The average Bonchev–Trinajstić information content (AvgIpc) is 3.21. The third kappa shape index (κ3) is 4.28. The molecule has 0 aromatic carbocycles. The molecule has 2 aromatic heterocycles. The second-order valence-electron chi connectivity index (χ2n) is 6.42. The lowest BCUT2D eigenvalue weighted by Gasteiger charge is -2.35. The highest BCUT2D eigenvalue weighted by Crippen LogP contribution is 2.38. The van der Waals surface area contributed by atoms with E-state index in [4.69, 9.17) is 11.6 Å². The molecule has 0 N–H and O–H groups in total. The number of nitrogens with zero attached hydrogens (tertiary/aromatic N) is 5. The Morgan fingerprint density at radius 2 is 1.80 bits per heavy atom. The Morgan fingerprint density at radius 1 is 1.00 bits per heavy atom. The maximum absolute atomic E-state index is 6.15. The fraction of sp³-hybridized carbons (Fsp3) is 0.529. The van der Waals surface area contributed by atoms with Crippen LogP contribution in [0, 0.1) is 0 Å².